The van der Waals surface area contributed by atoms with Crippen LogP contribution in [0.3, 0.4) is 0 Å². The van der Waals surface area contributed by atoms with E-state index < -0.39 is 11.9 Å². The van der Waals surface area contributed by atoms with Gasteiger partial charge in [-0.25, -0.2) is 5.84 Å². The Morgan fingerprint density at radius 2 is 2.31 bits per heavy atom. The molecule has 0 aliphatic heterocycles. The van der Waals surface area contributed by atoms with Crippen LogP contribution in [-0.4, -0.2) is 16.9 Å². The van der Waals surface area contributed by atoms with Crippen LogP contribution in [0.5, 0.6) is 0 Å². The average molecular weight is 188 g/mol. The third-order valence-electron chi connectivity index (χ3n) is 1.75. The fourth-order valence-corrected chi connectivity index (χ4v) is 1.04. The number of rotatable bonds is 5. The number of carbonyl (C=O) groups is 1. The molecular weight excluding hydrogens is 172 g/mol. The summed E-state index contributed by atoms with van der Waals surface area (Å²) in [6.45, 7) is 1.92. The number of aliphatic carboxylic acids is 1. The monoisotopic (exact) mass is 188 g/mol. The van der Waals surface area contributed by atoms with Gasteiger partial charge < -0.3 is 16.4 Å². The summed E-state index contributed by atoms with van der Waals surface area (Å²) >= 11 is 0. The molecule has 0 unspecified atom stereocenters. The Hall–Kier alpha value is -1.30. The maximum Gasteiger partial charge on any atom is 0.306 e. The van der Waals surface area contributed by atoms with Crippen molar-refractivity contribution in [3.63, 3.8) is 0 Å². The summed E-state index contributed by atoms with van der Waals surface area (Å²) in [4.78, 5) is 10.7. The fraction of sp³-hybridized carbons (Fsp3) is 0.714. The van der Waals surface area contributed by atoms with Crippen LogP contribution in [-0.2, 0) is 4.79 Å². The van der Waals surface area contributed by atoms with Gasteiger partial charge in [0.2, 0.25) is 0 Å². The van der Waals surface area contributed by atoms with E-state index in [1.165, 1.54) is 0 Å². The Kier molecular flexibility index (Phi) is 5.62. The largest absolute Gasteiger partial charge is 0.481 e. The van der Waals surface area contributed by atoms with Crippen LogP contribution in [0.2, 0.25) is 0 Å². The number of hydrazine groups is 1. The number of carboxylic acids is 1. The quantitative estimate of drug-likeness (QED) is 0.203. The first-order valence-electron chi connectivity index (χ1n) is 4.11. The number of carboxylic acid groups (broad SMARTS) is 1. The number of hydrogen-bond donors (Lipinski definition) is 4. The number of nitrogens with zero attached hydrogens (tertiary/aromatic N) is 1. The Labute approximate surface area is 76.9 Å². The molecule has 0 fully saturated rings. The first-order valence-corrected chi connectivity index (χ1v) is 4.11. The molecule has 0 aromatic heterocycles. The topological polar surface area (TPSA) is 114 Å². The second-order valence-electron chi connectivity index (χ2n) is 2.75. The van der Waals surface area contributed by atoms with Crippen molar-refractivity contribution < 1.29 is 9.90 Å². The second kappa shape index (κ2) is 6.24. The van der Waals surface area contributed by atoms with E-state index in [9.17, 15) is 4.79 Å². The fourth-order valence-electron chi connectivity index (χ4n) is 1.04. The molecular formula is C7H16N4O2. The van der Waals surface area contributed by atoms with Gasteiger partial charge >= 0.3 is 5.97 Å². The first kappa shape index (κ1) is 11.7. The summed E-state index contributed by atoms with van der Waals surface area (Å²) in [5.41, 5.74) is 2.26. The maximum atomic E-state index is 10.7. The third-order valence-corrected chi connectivity index (χ3v) is 1.75. The highest BCUT2D eigenvalue weighted by atomic mass is 16.4. The van der Waals surface area contributed by atoms with Gasteiger partial charge in [0, 0.05) is 6.42 Å². The number of nitrogens with two attached hydrogens (primary N) is 2. The van der Waals surface area contributed by atoms with Crippen LogP contribution >= 0.6 is 0 Å². The van der Waals surface area contributed by atoms with Gasteiger partial charge in [-0.05, 0) is 6.42 Å². The zero-order valence-corrected chi connectivity index (χ0v) is 7.66. The molecule has 0 heterocycles. The molecule has 0 amide bonds. The molecule has 0 rings (SSSR count). The molecule has 0 radical (unpaired) electrons. The van der Waals surface area contributed by atoms with E-state index in [1.54, 1.807) is 0 Å². The van der Waals surface area contributed by atoms with E-state index in [2.05, 4.69) is 10.5 Å². The molecule has 0 saturated heterocycles. The average Bonchev–Trinajstić information content (AvgIpc) is 2.11. The van der Waals surface area contributed by atoms with E-state index >= 15 is 0 Å². The highest BCUT2D eigenvalue weighted by Gasteiger charge is 2.18. The zero-order chi connectivity index (χ0) is 10.3. The van der Waals surface area contributed by atoms with Crippen molar-refractivity contribution in [2.45, 2.75) is 26.2 Å². The summed E-state index contributed by atoms with van der Waals surface area (Å²) in [7, 11) is 0. The molecule has 0 aliphatic carbocycles. The van der Waals surface area contributed by atoms with Gasteiger partial charge in [0.25, 0.3) is 0 Å². The van der Waals surface area contributed by atoms with Gasteiger partial charge in [-0.3, -0.25) is 4.79 Å². The van der Waals surface area contributed by atoms with Crippen LogP contribution in [0.4, 0.5) is 0 Å². The van der Waals surface area contributed by atoms with Crippen molar-refractivity contribution in [2.24, 2.45) is 22.7 Å². The third kappa shape index (κ3) is 4.32. The Morgan fingerprint density at radius 3 is 2.62 bits per heavy atom. The van der Waals surface area contributed by atoms with E-state index in [-0.39, 0.29) is 6.42 Å². The number of amidine groups is 1. The van der Waals surface area contributed by atoms with Crippen LogP contribution in [0, 0.1) is 5.92 Å². The van der Waals surface area contributed by atoms with Gasteiger partial charge in [-0.2, -0.15) is 5.10 Å². The van der Waals surface area contributed by atoms with Gasteiger partial charge in [0.15, 0.2) is 0 Å². The van der Waals surface area contributed by atoms with E-state index in [0.29, 0.717) is 12.3 Å². The van der Waals surface area contributed by atoms with E-state index in [1.807, 2.05) is 6.92 Å². The van der Waals surface area contributed by atoms with E-state index in [4.69, 9.17) is 16.8 Å². The van der Waals surface area contributed by atoms with Crippen molar-refractivity contribution in [1.29, 1.82) is 0 Å². The van der Waals surface area contributed by atoms with Gasteiger partial charge in [0.05, 0.1) is 5.92 Å². The van der Waals surface area contributed by atoms with Crippen molar-refractivity contribution >= 4 is 11.8 Å². The van der Waals surface area contributed by atoms with E-state index in [0.717, 1.165) is 6.42 Å². The number of hydrogen-bond acceptors (Lipinski definition) is 4. The standard InChI is InChI=1S/C7H16N4O2/c1-2-3-5(7(12)13)4-6(10-8)11-9/h5H,2-4,8-9H2,1H3,(H,10,11)(H,12,13)/t5-/m0/s1. The smallest absolute Gasteiger partial charge is 0.306 e. The lowest BCUT2D eigenvalue weighted by atomic mass is 10.00. The minimum Gasteiger partial charge on any atom is -0.481 e. The molecule has 6 heteroatoms. The van der Waals surface area contributed by atoms with Crippen LogP contribution in [0.25, 0.3) is 0 Å². The molecule has 1 atom stereocenters. The number of nitrogens with one attached hydrogen (secondary N) is 1. The van der Waals surface area contributed by atoms with Gasteiger partial charge in [-0.15, -0.1) is 0 Å². The molecule has 13 heavy (non-hydrogen) atoms. The van der Waals surface area contributed by atoms with Gasteiger partial charge in [0.1, 0.15) is 5.84 Å². The van der Waals surface area contributed by atoms with Crippen LogP contribution in [0.15, 0.2) is 5.10 Å². The molecule has 0 bridgehead atoms. The molecule has 6 nitrogen and oxygen atoms in total. The molecule has 0 aromatic rings. The summed E-state index contributed by atoms with van der Waals surface area (Å²) in [6.07, 6.45) is 1.64. The highest BCUT2D eigenvalue weighted by Crippen LogP contribution is 2.11. The molecule has 0 aliphatic rings. The summed E-state index contributed by atoms with van der Waals surface area (Å²) in [5, 5.41) is 12.1. The van der Waals surface area contributed by atoms with Crippen molar-refractivity contribution in [3.8, 4) is 0 Å². The maximum absolute atomic E-state index is 10.7. The SMILES string of the molecule is CCC[C@@H](C/C(=N/N)NN)C(=O)O. The summed E-state index contributed by atoms with van der Waals surface area (Å²) < 4.78 is 0. The lowest BCUT2D eigenvalue weighted by molar-refractivity contribution is -0.141. The number of hydrazone groups is 1. The summed E-state index contributed by atoms with van der Waals surface area (Å²) in [5.74, 6) is 9.04. The van der Waals surface area contributed by atoms with Crippen LogP contribution in [0.1, 0.15) is 26.2 Å². The van der Waals surface area contributed by atoms with Crippen molar-refractivity contribution in [2.75, 3.05) is 0 Å². The first-order chi connectivity index (χ1) is 6.15. The highest BCUT2D eigenvalue weighted by molar-refractivity contribution is 5.85. The molecule has 76 valence electrons. The Bertz CT molecular complexity index is 193. The Morgan fingerprint density at radius 1 is 1.69 bits per heavy atom. The zero-order valence-electron chi connectivity index (χ0n) is 7.66. The lowest BCUT2D eigenvalue weighted by Gasteiger charge is -2.11. The summed E-state index contributed by atoms with van der Waals surface area (Å²) in [6, 6.07) is 0. The second-order valence-corrected chi connectivity index (χ2v) is 2.75. The minimum absolute atomic E-state index is 0.246. The molecule has 0 aromatic carbocycles. The van der Waals surface area contributed by atoms with Crippen molar-refractivity contribution in [3.05, 3.63) is 0 Å². The molecule has 0 spiro atoms. The minimum atomic E-state index is -0.849. The predicted molar refractivity (Wildman–Crippen MR) is 49.6 cm³/mol. The molecule has 6 N–H and O–H groups in total. The predicted octanol–water partition coefficient (Wildman–Crippen LogP) is -0.387. The lowest BCUT2D eigenvalue weighted by Crippen LogP contribution is -2.34. The van der Waals surface area contributed by atoms with Gasteiger partial charge in [-0.1, -0.05) is 13.3 Å². The normalized spacial score (nSPS) is 13.8. The van der Waals surface area contributed by atoms with Crippen LogP contribution < -0.4 is 17.1 Å². The Balaban J connectivity index is 4.16. The van der Waals surface area contributed by atoms with Crippen molar-refractivity contribution in [1.82, 2.24) is 5.43 Å². The molecule has 0 saturated carbocycles.